The number of anilines is 1. The maximum atomic E-state index is 14.1. The summed E-state index contributed by atoms with van der Waals surface area (Å²) in [6.45, 7) is 0.661. The lowest BCUT2D eigenvalue weighted by molar-refractivity contribution is 0.102. The van der Waals surface area contributed by atoms with Crippen molar-refractivity contribution in [3.05, 3.63) is 70.4 Å². The molecular weight excluding hydrogens is 416 g/mol. The fraction of sp³-hybridized carbons (Fsp3) is 0.150. The van der Waals surface area contributed by atoms with E-state index in [1.165, 1.54) is 35.2 Å². The Balaban J connectivity index is 1.81. The number of carbonyl (C=O) groups is 2. The molecule has 1 aliphatic rings. The van der Waals surface area contributed by atoms with Crippen LogP contribution >= 0.6 is 11.6 Å². The van der Waals surface area contributed by atoms with E-state index in [1.807, 2.05) is 0 Å². The zero-order valence-electron chi connectivity index (χ0n) is 15.5. The molecule has 0 saturated carbocycles. The highest BCUT2D eigenvalue weighted by Gasteiger charge is 2.30. The molecule has 2 aromatic carbocycles. The number of nitrogens with two attached hydrogens (primary N) is 1. The van der Waals surface area contributed by atoms with Crippen molar-refractivity contribution in [1.29, 1.82) is 0 Å². The number of aromatic nitrogens is 2. The summed E-state index contributed by atoms with van der Waals surface area (Å²) in [4.78, 5) is 26.2. The highest BCUT2D eigenvalue weighted by atomic mass is 35.5. The fourth-order valence-electron chi connectivity index (χ4n) is 3.36. The van der Waals surface area contributed by atoms with Gasteiger partial charge in [0.25, 0.3) is 5.91 Å². The van der Waals surface area contributed by atoms with Gasteiger partial charge in [-0.25, -0.2) is 13.6 Å². The van der Waals surface area contributed by atoms with Gasteiger partial charge in [-0.15, -0.1) is 0 Å². The molecular formula is C20H16ClF2N5O2. The summed E-state index contributed by atoms with van der Waals surface area (Å²) in [6.07, 6.45) is 0. The van der Waals surface area contributed by atoms with Gasteiger partial charge in [-0.1, -0.05) is 23.7 Å². The molecule has 3 amide bonds. The summed E-state index contributed by atoms with van der Waals surface area (Å²) in [6, 6.07) is 8.76. The van der Waals surface area contributed by atoms with E-state index >= 15 is 0 Å². The van der Waals surface area contributed by atoms with E-state index in [1.54, 1.807) is 10.7 Å². The number of halogens is 3. The van der Waals surface area contributed by atoms with E-state index in [0.717, 1.165) is 6.07 Å². The quantitative estimate of drug-likeness (QED) is 0.663. The van der Waals surface area contributed by atoms with Crippen molar-refractivity contribution in [2.24, 2.45) is 5.73 Å². The first-order valence-electron chi connectivity index (χ1n) is 9.00. The van der Waals surface area contributed by atoms with Crippen LogP contribution in [0.2, 0.25) is 5.02 Å². The topological polar surface area (TPSA) is 93.2 Å². The number of benzene rings is 2. The molecule has 3 aromatic rings. The minimum atomic E-state index is -0.667. The van der Waals surface area contributed by atoms with Gasteiger partial charge in [-0.3, -0.25) is 9.48 Å². The number of fused-ring (bicyclic) bond motifs is 1. The van der Waals surface area contributed by atoms with Crippen LogP contribution in [0.15, 0.2) is 42.5 Å². The maximum Gasteiger partial charge on any atom is 0.315 e. The Hall–Kier alpha value is -3.46. The Labute approximate surface area is 175 Å². The van der Waals surface area contributed by atoms with Crippen LogP contribution in [0.3, 0.4) is 0 Å². The smallest absolute Gasteiger partial charge is 0.315 e. The number of nitrogens with one attached hydrogen (secondary N) is 1. The molecule has 0 aliphatic carbocycles. The van der Waals surface area contributed by atoms with Gasteiger partial charge in [-0.2, -0.15) is 5.10 Å². The first-order valence-corrected chi connectivity index (χ1v) is 9.37. The van der Waals surface area contributed by atoms with Crippen molar-refractivity contribution in [3.8, 4) is 11.3 Å². The van der Waals surface area contributed by atoms with Gasteiger partial charge in [0, 0.05) is 17.1 Å². The first kappa shape index (κ1) is 19.8. The van der Waals surface area contributed by atoms with Gasteiger partial charge in [0.2, 0.25) is 0 Å². The van der Waals surface area contributed by atoms with Crippen LogP contribution in [0.5, 0.6) is 0 Å². The minimum Gasteiger partial charge on any atom is -0.351 e. The van der Waals surface area contributed by atoms with E-state index in [0.29, 0.717) is 24.3 Å². The SMILES string of the molecule is NC(=O)N1CCn2nc(-c3cccc(F)c3)c(C(=O)Nc3cc(Cl)ccc3F)c2C1. The van der Waals surface area contributed by atoms with Crippen molar-refractivity contribution in [2.45, 2.75) is 13.1 Å². The summed E-state index contributed by atoms with van der Waals surface area (Å²) in [7, 11) is 0. The first-order chi connectivity index (χ1) is 14.3. The highest BCUT2D eigenvalue weighted by Crippen LogP contribution is 2.30. The van der Waals surface area contributed by atoms with E-state index in [4.69, 9.17) is 17.3 Å². The van der Waals surface area contributed by atoms with Crippen LogP contribution in [-0.2, 0) is 13.1 Å². The van der Waals surface area contributed by atoms with E-state index in [9.17, 15) is 18.4 Å². The molecule has 10 heteroatoms. The summed E-state index contributed by atoms with van der Waals surface area (Å²) in [5, 5.41) is 7.19. The zero-order chi connectivity index (χ0) is 21.4. The average Bonchev–Trinajstić information content (AvgIpc) is 3.09. The summed E-state index contributed by atoms with van der Waals surface area (Å²) < 4.78 is 29.5. The third-order valence-electron chi connectivity index (χ3n) is 4.79. The summed E-state index contributed by atoms with van der Waals surface area (Å²) >= 11 is 5.90. The molecule has 0 saturated heterocycles. The number of nitrogens with zero attached hydrogens (tertiary/aromatic N) is 3. The van der Waals surface area contributed by atoms with Crippen LogP contribution in [-0.4, -0.2) is 33.2 Å². The number of hydrogen-bond donors (Lipinski definition) is 2. The Morgan fingerprint density at radius 1 is 1.13 bits per heavy atom. The largest absolute Gasteiger partial charge is 0.351 e. The van der Waals surface area contributed by atoms with Crippen LogP contribution in [0.4, 0.5) is 19.3 Å². The number of rotatable bonds is 3. The summed E-state index contributed by atoms with van der Waals surface area (Å²) in [5.74, 6) is -1.83. The third-order valence-corrected chi connectivity index (χ3v) is 5.03. The number of urea groups is 1. The molecule has 4 rings (SSSR count). The van der Waals surface area contributed by atoms with Gasteiger partial charge >= 0.3 is 6.03 Å². The number of amides is 3. The highest BCUT2D eigenvalue weighted by molar-refractivity contribution is 6.31. The Bertz CT molecular complexity index is 1160. The molecule has 7 nitrogen and oxygen atoms in total. The van der Waals surface area contributed by atoms with E-state index in [-0.39, 0.29) is 28.5 Å². The van der Waals surface area contributed by atoms with Crippen molar-refractivity contribution in [3.63, 3.8) is 0 Å². The van der Waals surface area contributed by atoms with Crippen LogP contribution in [0.1, 0.15) is 16.1 Å². The van der Waals surface area contributed by atoms with Crippen molar-refractivity contribution < 1.29 is 18.4 Å². The van der Waals surface area contributed by atoms with Gasteiger partial charge in [0.1, 0.15) is 17.3 Å². The number of primary amides is 1. The standard InChI is InChI=1S/C20H16ClF2N5O2/c21-12-4-5-14(23)15(9-12)25-19(29)17-16-10-27(20(24)30)6-7-28(16)26-18(17)11-2-1-3-13(22)8-11/h1-5,8-9H,6-7,10H2,(H2,24,30)(H,25,29). The van der Waals surface area contributed by atoms with Gasteiger partial charge < -0.3 is 16.0 Å². The maximum absolute atomic E-state index is 14.1. The molecule has 0 radical (unpaired) electrons. The van der Waals surface area contributed by atoms with Gasteiger partial charge in [0.05, 0.1) is 30.0 Å². The Morgan fingerprint density at radius 2 is 1.93 bits per heavy atom. The molecule has 0 spiro atoms. The molecule has 0 atom stereocenters. The molecule has 2 heterocycles. The monoisotopic (exact) mass is 431 g/mol. The van der Waals surface area contributed by atoms with Crippen LogP contribution < -0.4 is 11.1 Å². The number of hydrogen-bond acceptors (Lipinski definition) is 3. The van der Waals surface area contributed by atoms with Gasteiger partial charge in [0.15, 0.2) is 0 Å². The molecule has 0 fully saturated rings. The molecule has 3 N–H and O–H groups in total. The lowest BCUT2D eigenvalue weighted by atomic mass is 10.0. The predicted molar refractivity (Wildman–Crippen MR) is 107 cm³/mol. The minimum absolute atomic E-state index is 0.0401. The van der Waals surface area contributed by atoms with Gasteiger partial charge in [-0.05, 0) is 30.3 Å². The number of carbonyl (C=O) groups excluding carboxylic acids is 2. The second-order valence-corrected chi connectivity index (χ2v) is 7.18. The van der Waals surface area contributed by atoms with Crippen LogP contribution in [0, 0.1) is 11.6 Å². The molecule has 154 valence electrons. The zero-order valence-corrected chi connectivity index (χ0v) is 16.3. The summed E-state index contributed by atoms with van der Waals surface area (Å²) in [5.41, 5.74) is 6.39. The second-order valence-electron chi connectivity index (χ2n) is 6.74. The average molecular weight is 432 g/mol. The molecule has 30 heavy (non-hydrogen) atoms. The lowest BCUT2D eigenvalue weighted by Gasteiger charge is -2.26. The van der Waals surface area contributed by atoms with Crippen molar-refractivity contribution >= 4 is 29.2 Å². The molecule has 0 unspecified atom stereocenters. The normalized spacial score (nSPS) is 13.1. The van der Waals surface area contributed by atoms with Crippen molar-refractivity contribution in [2.75, 3.05) is 11.9 Å². The van der Waals surface area contributed by atoms with Crippen molar-refractivity contribution in [1.82, 2.24) is 14.7 Å². The van der Waals surface area contributed by atoms with Crippen LogP contribution in [0.25, 0.3) is 11.3 Å². The lowest BCUT2D eigenvalue weighted by Crippen LogP contribution is -2.42. The van der Waals surface area contributed by atoms with E-state index < -0.39 is 23.6 Å². The van der Waals surface area contributed by atoms with E-state index in [2.05, 4.69) is 10.4 Å². The fourth-order valence-corrected chi connectivity index (χ4v) is 3.53. The molecule has 1 aromatic heterocycles. The Kier molecular flexibility index (Phi) is 5.13. The second kappa shape index (κ2) is 7.75. The molecule has 0 bridgehead atoms. The molecule has 1 aliphatic heterocycles. The Morgan fingerprint density at radius 3 is 2.67 bits per heavy atom. The third kappa shape index (κ3) is 3.71. The predicted octanol–water partition coefficient (Wildman–Crippen LogP) is 3.63.